The minimum Gasteiger partial charge on any atom is -0.478 e. The number of carbonyl (C=O) groups excluding carboxylic acids is 1. The van der Waals surface area contributed by atoms with E-state index in [1.165, 1.54) is 29.7 Å². The van der Waals surface area contributed by atoms with Gasteiger partial charge in [-0.15, -0.1) is 11.3 Å². The van der Waals surface area contributed by atoms with Gasteiger partial charge in [0, 0.05) is 0 Å². The Morgan fingerprint density at radius 1 is 1.42 bits per heavy atom. The van der Waals surface area contributed by atoms with Crippen molar-refractivity contribution < 1.29 is 14.7 Å². The van der Waals surface area contributed by atoms with Gasteiger partial charge in [-0.1, -0.05) is 17.7 Å². The fraction of sp³-hybridized carbons (Fsp3) is 0.0833. The van der Waals surface area contributed by atoms with Crippen molar-refractivity contribution in [3.05, 3.63) is 44.9 Å². The zero-order valence-corrected chi connectivity index (χ0v) is 11.4. The number of halogens is 1. The summed E-state index contributed by atoms with van der Waals surface area (Å²) in [5.74, 6) is -1.60. The molecule has 98 valence electrons. The minimum atomic E-state index is -1.19. The van der Waals surface area contributed by atoms with Gasteiger partial charge in [0.05, 0.1) is 21.9 Å². The second-order valence-electron chi connectivity index (χ2n) is 3.67. The summed E-state index contributed by atoms with van der Waals surface area (Å²) in [6.45, 7) is 1.78. The van der Waals surface area contributed by atoms with Crippen molar-refractivity contribution in [3.63, 3.8) is 0 Å². The maximum absolute atomic E-state index is 11.9. The molecule has 0 spiro atoms. The molecule has 0 bridgehead atoms. The first-order valence-electron chi connectivity index (χ1n) is 5.24. The number of anilines is 1. The molecule has 1 amide bonds. The molecule has 0 atom stereocenters. The number of nitrogens with zero attached hydrogens (tertiary/aromatic N) is 1. The molecule has 0 aliphatic rings. The summed E-state index contributed by atoms with van der Waals surface area (Å²) in [6.07, 6.45) is 1.44. The Labute approximate surface area is 117 Å². The van der Waals surface area contributed by atoms with Crippen LogP contribution in [-0.2, 0) is 0 Å². The Kier molecular flexibility index (Phi) is 3.82. The SMILES string of the molecule is Cc1ncc(C(=O)Nc2cccc(Cl)c2C(=O)O)s1. The van der Waals surface area contributed by atoms with Crippen LogP contribution in [0.15, 0.2) is 24.4 Å². The summed E-state index contributed by atoms with van der Waals surface area (Å²) >= 11 is 7.05. The van der Waals surface area contributed by atoms with Crippen molar-refractivity contribution in [2.45, 2.75) is 6.92 Å². The van der Waals surface area contributed by atoms with Gasteiger partial charge in [-0.25, -0.2) is 9.78 Å². The van der Waals surface area contributed by atoms with Crippen LogP contribution in [0.1, 0.15) is 25.0 Å². The molecule has 0 saturated carbocycles. The topological polar surface area (TPSA) is 79.3 Å². The molecule has 0 saturated heterocycles. The van der Waals surface area contributed by atoms with Gasteiger partial charge in [0.15, 0.2) is 0 Å². The molecular formula is C12H9ClN2O3S. The molecule has 0 aliphatic carbocycles. The lowest BCUT2D eigenvalue weighted by Gasteiger charge is -2.08. The molecule has 5 nitrogen and oxygen atoms in total. The van der Waals surface area contributed by atoms with Crippen LogP contribution < -0.4 is 5.32 Å². The molecule has 2 rings (SSSR count). The van der Waals surface area contributed by atoms with Gasteiger partial charge in [0.2, 0.25) is 0 Å². The molecule has 1 aromatic carbocycles. The van der Waals surface area contributed by atoms with Gasteiger partial charge in [0.1, 0.15) is 10.4 Å². The van der Waals surface area contributed by atoms with Crippen molar-refractivity contribution in [1.29, 1.82) is 0 Å². The molecule has 0 fully saturated rings. The number of nitrogens with one attached hydrogen (secondary N) is 1. The van der Waals surface area contributed by atoms with Crippen LogP contribution in [0, 0.1) is 6.92 Å². The molecule has 2 N–H and O–H groups in total. The number of aromatic nitrogens is 1. The third kappa shape index (κ3) is 2.91. The van der Waals surface area contributed by atoms with E-state index in [1.54, 1.807) is 13.0 Å². The van der Waals surface area contributed by atoms with Crippen molar-refractivity contribution in [2.75, 3.05) is 5.32 Å². The average Bonchev–Trinajstić information content (AvgIpc) is 2.75. The highest BCUT2D eigenvalue weighted by Gasteiger charge is 2.17. The van der Waals surface area contributed by atoms with E-state index in [4.69, 9.17) is 16.7 Å². The van der Waals surface area contributed by atoms with Crippen LogP contribution in [0.4, 0.5) is 5.69 Å². The van der Waals surface area contributed by atoms with E-state index in [0.717, 1.165) is 5.01 Å². The molecule has 7 heteroatoms. The van der Waals surface area contributed by atoms with Gasteiger partial charge in [-0.3, -0.25) is 4.79 Å². The predicted molar refractivity (Wildman–Crippen MR) is 73.2 cm³/mol. The second-order valence-corrected chi connectivity index (χ2v) is 5.31. The van der Waals surface area contributed by atoms with Crippen LogP contribution in [0.3, 0.4) is 0 Å². The molecule has 1 heterocycles. The van der Waals surface area contributed by atoms with Crippen LogP contribution >= 0.6 is 22.9 Å². The third-order valence-corrected chi connectivity index (χ3v) is 3.55. The molecule has 1 aromatic heterocycles. The zero-order valence-electron chi connectivity index (χ0n) is 9.81. The Bertz CT molecular complexity index is 654. The predicted octanol–water partition coefficient (Wildman–Crippen LogP) is 3.06. The van der Waals surface area contributed by atoms with Crippen molar-refractivity contribution in [1.82, 2.24) is 4.98 Å². The molecule has 0 unspecified atom stereocenters. The lowest BCUT2D eigenvalue weighted by molar-refractivity contribution is 0.0698. The Morgan fingerprint density at radius 2 is 2.16 bits per heavy atom. The summed E-state index contributed by atoms with van der Waals surface area (Å²) in [6, 6.07) is 4.51. The van der Waals surface area contributed by atoms with Crippen molar-refractivity contribution in [3.8, 4) is 0 Å². The van der Waals surface area contributed by atoms with E-state index < -0.39 is 11.9 Å². The van der Waals surface area contributed by atoms with Gasteiger partial charge in [0.25, 0.3) is 5.91 Å². The first-order valence-corrected chi connectivity index (χ1v) is 6.44. The number of carbonyl (C=O) groups is 2. The molecule has 2 aromatic rings. The summed E-state index contributed by atoms with van der Waals surface area (Å²) < 4.78 is 0. The van der Waals surface area contributed by atoms with Gasteiger partial charge in [-0.2, -0.15) is 0 Å². The lowest BCUT2D eigenvalue weighted by Crippen LogP contribution is -2.14. The highest BCUT2D eigenvalue weighted by atomic mass is 35.5. The van der Waals surface area contributed by atoms with E-state index in [-0.39, 0.29) is 16.3 Å². The van der Waals surface area contributed by atoms with E-state index in [9.17, 15) is 9.59 Å². The van der Waals surface area contributed by atoms with Crippen molar-refractivity contribution >= 4 is 40.5 Å². The first-order chi connectivity index (χ1) is 8.99. The number of benzene rings is 1. The van der Waals surface area contributed by atoms with E-state index in [1.807, 2.05) is 0 Å². The second kappa shape index (κ2) is 5.38. The molecule has 0 radical (unpaired) electrons. The Hall–Kier alpha value is -1.92. The standard InChI is InChI=1S/C12H9ClN2O3S/c1-6-14-5-9(19-6)11(16)15-8-4-2-3-7(13)10(8)12(17)18/h2-5H,1H3,(H,15,16)(H,17,18). The quantitative estimate of drug-likeness (QED) is 0.912. The van der Waals surface area contributed by atoms with E-state index >= 15 is 0 Å². The summed E-state index contributed by atoms with van der Waals surface area (Å²) in [5.41, 5.74) is 0.0369. The molecule has 0 aliphatic heterocycles. The number of carboxylic acids is 1. The van der Waals surface area contributed by atoms with Crippen LogP contribution in [0.5, 0.6) is 0 Å². The largest absolute Gasteiger partial charge is 0.478 e. The first kappa shape index (κ1) is 13.5. The van der Waals surface area contributed by atoms with Crippen LogP contribution in [-0.4, -0.2) is 22.0 Å². The van der Waals surface area contributed by atoms with Gasteiger partial charge < -0.3 is 10.4 Å². The normalized spacial score (nSPS) is 10.2. The number of thiazole rings is 1. The van der Waals surface area contributed by atoms with E-state index in [2.05, 4.69) is 10.3 Å². The van der Waals surface area contributed by atoms with Crippen LogP contribution in [0.25, 0.3) is 0 Å². The Balaban J connectivity index is 2.31. The maximum atomic E-state index is 11.9. The number of aryl methyl sites for hydroxylation is 1. The lowest BCUT2D eigenvalue weighted by atomic mass is 10.1. The number of hydrogen-bond donors (Lipinski definition) is 2. The summed E-state index contributed by atoms with van der Waals surface area (Å²) in [7, 11) is 0. The molecule has 19 heavy (non-hydrogen) atoms. The number of hydrogen-bond acceptors (Lipinski definition) is 4. The monoisotopic (exact) mass is 296 g/mol. The van der Waals surface area contributed by atoms with Gasteiger partial charge >= 0.3 is 5.97 Å². The highest BCUT2D eigenvalue weighted by molar-refractivity contribution is 7.13. The number of aromatic carboxylic acids is 1. The maximum Gasteiger partial charge on any atom is 0.339 e. The average molecular weight is 297 g/mol. The van der Waals surface area contributed by atoms with Crippen LogP contribution in [0.2, 0.25) is 5.02 Å². The molecular weight excluding hydrogens is 288 g/mol. The number of carboxylic acid groups (broad SMARTS) is 1. The fourth-order valence-electron chi connectivity index (χ4n) is 1.50. The summed E-state index contributed by atoms with van der Waals surface area (Å²) in [5, 5.41) is 12.5. The number of amides is 1. The van der Waals surface area contributed by atoms with Crippen molar-refractivity contribution in [2.24, 2.45) is 0 Å². The zero-order chi connectivity index (χ0) is 14.0. The smallest absolute Gasteiger partial charge is 0.339 e. The van der Waals surface area contributed by atoms with Gasteiger partial charge in [-0.05, 0) is 19.1 Å². The Morgan fingerprint density at radius 3 is 2.74 bits per heavy atom. The minimum absolute atomic E-state index is 0.0748. The van der Waals surface area contributed by atoms with E-state index in [0.29, 0.717) is 4.88 Å². The highest BCUT2D eigenvalue weighted by Crippen LogP contribution is 2.25. The third-order valence-electron chi connectivity index (χ3n) is 2.32. The fourth-order valence-corrected chi connectivity index (χ4v) is 2.42. The number of rotatable bonds is 3. The summed E-state index contributed by atoms with van der Waals surface area (Å²) in [4.78, 5) is 27.4.